The summed E-state index contributed by atoms with van der Waals surface area (Å²) in [4.78, 5) is 29.6. The van der Waals surface area contributed by atoms with Gasteiger partial charge in [0.25, 0.3) is 5.91 Å². The summed E-state index contributed by atoms with van der Waals surface area (Å²) in [7, 11) is 0. The molecule has 0 radical (unpaired) electrons. The predicted molar refractivity (Wildman–Crippen MR) is 120 cm³/mol. The summed E-state index contributed by atoms with van der Waals surface area (Å²) in [6.07, 6.45) is 4.72. The highest BCUT2D eigenvalue weighted by Crippen LogP contribution is 2.27. The molecule has 5 heteroatoms. The minimum Gasteiger partial charge on any atom is -0.342 e. The van der Waals surface area contributed by atoms with E-state index >= 15 is 0 Å². The first-order valence-electron chi connectivity index (χ1n) is 11.0. The lowest BCUT2D eigenvalue weighted by Gasteiger charge is -2.37. The largest absolute Gasteiger partial charge is 0.342 e. The van der Waals surface area contributed by atoms with Crippen LogP contribution in [0.25, 0.3) is 0 Å². The van der Waals surface area contributed by atoms with Gasteiger partial charge in [-0.05, 0) is 55.7 Å². The molecule has 2 aromatic rings. The molecule has 2 amide bonds. The van der Waals surface area contributed by atoms with Gasteiger partial charge in [-0.2, -0.15) is 0 Å². The number of likely N-dealkylation sites (tertiary alicyclic amines) is 2. The van der Waals surface area contributed by atoms with Crippen LogP contribution < -0.4 is 0 Å². The van der Waals surface area contributed by atoms with Gasteiger partial charge >= 0.3 is 0 Å². The summed E-state index contributed by atoms with van der Waals surface area (Å²) in [6.45, 7) is 2.94. The third-order valence-corrected chi connectivity index (χ3v) is 6.86. The van der Waals surface area contributed by atoms with Gasteiger partial charge < -0.3 is 9.80 Å². The van der Waals surface area contributed by atoms with Crippen molar-refractivity contribution < 1.29 is 9.59 Å². The van der Waals surface area contributed by atoms with Gasteiger partial charge in [0.15, 0.2) is 0 Å². The van der Waals surface area contributed by atoms with Gasteiger partial charge in [-0.25, -0.2) is 0 Å². The minimum absolute atomic E-state index is 0.0333. The third kappa shape index (κ3) is 4.86. The van der Waals surface area contributed by atoms with E-state index in [-0.39, 0.29) is 17.7 Å². The number of halogens is 1. The molecule has 0 spiro atoms. The number of rotatable bonds is 4. The average molecular weight is 425 g/mol. The fourth-order valence-electron chi connectivity index (χ4n) is 4.70. The number of carbonyl (C=O) groups excluding carboxylic acids is 2. The van der Waals surface area contributed by atoms with Crippen LogP contribution in [0.4, 0.5) is 0 Å². The summed E-state index contributed by atoms with van der Waals surface area (Å²) in [6, 6.07) is 17.8. The molecule has 0 aromatic heterocycles. The fraction of sp³-hybridized carbons (Fsp3) is 0.440. The molecular weight excluding hydrogens is 396 g/mol. The average Bonchev–Trinajstić information content (AvgIpc) is 2.80. The van der Waals surface area contributed by atoms with E-state index < -0.39 is 0 Å². The van der Waals surface area contributed by atoms with Gasteiger partial charge in [-0.15, -0.1) is 0 Å². The van der Waals surface area contributed by atoms with Gasteiger partial charge in [-0.3, -0.25) is 9.59 Å². The normalized spacial score (nSPS) is 18.4. The maximum atomic E-state index is 13.0. The van der Waals surface area contributed by atoms with E-state index in [0.29, 0.717) is 29.6 Å². The van der Waals surface area contributed by atoms with Crippen molar-refractivity contribution in [3.05, 3.63) is 70.7 Å². The van der Waals surface area contributed by atoms with Gasteiger partial charge in [0.1, 0.15) is 0 Å². The highest BCUT2D eigenvalue weighted by Gasteiger charge is 2.32. The summed E-state index contributed by atoms with van der Waals surface area (Å²) < 4.78 is 0. The van der Waals surface area contributed by atoms with Crippen LogP contribution in [-0.2, 0) is 11.2 Å². The van der Waals surface area contributed by atoms with Crippen LogP contribution in [0, 0.1) is 11.8 Å². The molecule has 4 nitrogen and oxygen atoms in total. The van der Waals surface area contributed by atoms with Gasteiger partial charge in [0.2, 0.25) is 5.91 Å². The van der Waals surface area contributed by atoms with Crippen LogP contribution in [0.1, 0.15) is 41.6 Å². The van der Waals surface area contributed by atoms with E-state index in [2.05, 4.69) is 35.2 Å². The molecule has 0 N–H and O–H groups in total. The quantitative estimate of drug-likeness (QED) is 0.715. The van der Waals surface area contributed by atoms with Crippen molar-refractivity contribution >= 4 is 23.4 Å². The SMILES string of the molecule is O=C(c1ccccc1Cl)N1CCC(C(=O)N2CCC(Cc3ccccc3)CC2)CC1. The Bertz CT molecular complexity index is 870. The molecule has 2 fully saturated rings. The van der Waals surface area contributed by atoms with E-state index in [0.717, 1.165) is 45.2 Å². The Labute approximate surface area is 183 Å². The number of piperidine rings is 2. The van der Waals surface area contributed by atoms with Gasteiger partial charge in [0, 0.05) is 32.1 Å². The maximum Gasteiger partial charge on any atom is 0.255 e. The molecule has 0 unspecified atom stereocenters. The Morgan fingerprint density at radius 2 is 1.40 bits per heavy atom. The second kappa shape index (κ2) is 9.65. The van der Waals surface area contributed by atoms with Crippen LogP contribution in [0.5, 0.6) is 0 Å². The van der Waals surface area contributed by atoms with Crippen molar-refractivity contribution in [1.29, 1.82) is 0 Å². The molecule has 0 aliphatic carbocycles. The zero-order valence-electron chi connectivity index (χ0n) is 17.3. The first kappa shape index (κ1) is 20.9. The number of hydrogen-bond acceptors (Lipinski definition) is 2. The van der Waals surface area contributed by atoms with Crippen molar-refractivity contribution in [2.24, 2.45) is 11.8 Å². The van der Waals surface area contributed by atoms with Gasteiger partial charge in [-0.1, -0.05) is 54.1 Å². The third-order valence-electron chi connectivity index (χ3n) is 6.53. The molecule has 2 aromatic carbocycles. The predicted octanol–water partition coefficient (Wildman–Crippen LogP) is 4.67. The van der Waals surface area contributed by atoms with Crippen LogP contribution in [-0.4, -0.2) is 47.8 Å². The van der Waals surface area contributed by atoms with E-state index in [9.17, 15) is 9.59 Å². The second-order valence-corrected chi connectivity index (χ2v) is 8.91. The Hall–Kier alpha value is -2.33. The van der Waals surface area contributed by atoms with Crippen LogP contribution in [0.3, 0.4) is 0 Å². The molecule has 2 aliphatic heterocycles. The Morgan fingerprint density at radius 1 is 0.800 bits per heavy atom. The van der Waals surface area contributed by atoms with Crippen molar-refractivity contribution in [3.8, 4) is 0 Å². The maximum absolute atomic E-state index is 13.0. The first-order valence-corrected chi connectivity index (χ1v) is 11.4. The monoisotopic (exact) mass is 424 g/mol. The summed E-state index contributed by atoms with van der Waals surface area (Å²) in [5, 5.41) is 0.485. The Balaban J connectivity index is 1.25. The molecule has 0 saturated carbocycles. The molecule has 2 saturated heterocycles. The van der Waals surface area contributed by atoms with E-state index in [1.807, 2.05) is 17.0 Å². The Kier molecular flexibility index (Phi) is 6.73. The number of nitrogens with zero attached hydrogens (tertiary/aromatic N) is 2. The molecule has 158 valence electrons. The molecular formula is C25H29ClN2O2. The summed E-state index contributed by atoms with van der Waals surface area (Å²) >= 11 is 6.17. The van der Waals surface area contributed by atoms with Crippen LogP contribution in [0.15, 0.2) is 54.6 Å². The number of carbonyl (C=O) groups is 2. The zero-order valence-corrected chi connectivity index (χ0v) is 18.1. The van der Waals surface area contributed by atoms with E-state index in [4.69, 9.17) is 11.6 Å². The van der Waals surface area contributed by atoms with Crippen molar-refractivity contribution in [1.82, 2.24) is 9.80 Å². The van der Waals surface area contributed by atoms with E-state index in [1.165, 1.54) is 5.56 Å². The second-order valence-electron chi connectivity index (χ2n) is 8.50. The van der Waals surface area contributed by atoms with Crippen molar-refractivity contribution in [2.75, 3.05) is 26.2 Å². The molecule has 0 atom stereocenters. The van der Waals surface area contributed by atoms with E-state index in [1.54, 1.807) is 12.1 Å². The smallest absolute Gasteiger partial charge is 0.255 e. The molecule has 0 bridgehead atoms. The lowest BCUT2D eigenvalue weighted by molar-refractivity contribution is -0.138. The van der Waals surface area contributed by atoms with Crippen LogP contribution in [0.2, 0.25) is 5.02 Å². The molecule has 4 rings (SSSR count). The van der Waals surface area contributed by atoms with Crippen molar-refractivity contribution in [3.63, 3.8) is 0 Å². The highest BCUT2D eigenvalue weighted by molar-refractivity contribution is 6.33. The number of amides is 2. The lowest BCUT2D eigenvalue weighted by atomic mass is 9.88. The molecule has 30 heavy (non-hydrogen) atoms. The lowest BCUT2D eigenvalue weighted by Crippen LogP contribution is -2.46. The topological polar surface area (TPSA) is 40.6 Å². The standard InChI is InChI=1S/C25H29ClN2O2/c26-23-9-5-4-8-22(23)25(30)28-16-12-21(13-17-28)24(29)27-14-10-20(11-15-27)18-19-6-2-1-3-7-19/h1-9,20-21H,10-18H2. The number of hydrogen-bond donors (Lipinski definition) is 0. The molecule has 2 heterocycles. The summed E-state index contributed by atoms with van der Waals surface area (Å²) in [5.74, 6) is 0.934. The van der Waals surface area contributed by atoms with Gasteiger partial charge in [0.05, 0.1) is 10.6 Å². The van der Waals surface area contributed by atoms with Crippen LogP contribution >= 0.6 is 11.6 Å². The highest BCUT2D eigenvalue weighted by atomic mass is 35.5. The zero-order chi connectivity index (χ0) is 20.9. The summed E-state index contributed by atoms with van der Waals surface area (Å²) in [5.41, 5.74) is 1.93. The minimum atomic E-state index is -0.0341. The fourth-order valence-corrected chi connectivity index (χ4v) is 4.91. The molecule has 2 aliphatic rings. The Morgan fingerprint density at radius 3 is 2.07 bits per heavy atom. The first-order chi connectivity index (χ1) is 14.6. The number of benzene rings is 2. The van der Waals surface area contributed by atoms with Crippen molar-refractivity contribution in [2.45, 2.75) is 32.1 Å².